The fraction of sp³-hybridized carbons (Fsp3) is 0.292. The minimum Gasteiger partial charge on any atom is -0.495 e. The summed E-state index contributed by atoms with van der Waals surface area (Å²) in [6.07, 6.45) is 3.10. The number of aliphatic hydroxyl groups is 1. The first-order valence-electron chi connectivity index (χ1n) is 10.7. The first-order chi connectivity index (χ1) is 16.0. The number of piperidine rings is 1. The number of rotatable bonds is 7. The minimum atomic E-state index is -0.491. The van der Waals surface area contributed by atoms with Crippen molar-refractivity contribution in [3.63, 3.8) is 0 Å². The molecular weight excluding hydrogens is 426 g/mol. The largest absolute Gasteiger partial charge is 0.495 e. The van der Waals surface area contributed by atoms with Crippen LogP contribution in [0.15, 0.2) is 52.9 Å². The maximum absolute atomic E-state index is 13.0. The smallest absolute Gasteiger partial charge is 0.293 e. The van der Waals surface area contributed by atoms with Crippen molar-refractivity contribution in [3.05, 3.63) is 70.0 Å². The third-order valence-corrected chi connectivity index (χ3v) is 5.68. The van der Waals surface area contributed by atoms with Crippen molar-refractivity contribution in [3.8, 4) is 17.1 Å². The van der Waals surface area contributed by atoms with Crippen molar-refractivity contribution in [2.45, 2.75) is 25.9 Å². The molecule has 1 fully saturated rings. The van der Waals surface area contributed by atoms with Crippen molar-refractivity contribution in [2.24, 2.45) is 0 Å². The zero-order valence-corrected chi connectivity index (χ0v) is 18.2. The Labute approximate surface area is 190 Å². The Balaban J connectivity index is 1.61. The standard InChI is InChI=1S/C24H25N3O6/c1-32-23-9-6-16(22-10-7-18(15-28)33-22)13-19(23)25-24(29)17-5-8-20(21(14-17)27(30)31)26-11-3-2-4-12-26/h5-10,13-14,28H,2-4,11-12,15H2,1H3,(H,25,29). The molecule has 1 saturated heterocycles. The van der Waals surface area contributed by atoms with E-state index in [0.29, 0.717) is 34.2 Å². The number of amides is 1. The molecule has 0 aliphatic carbocycles. The molecular formula is C24H25N3O6. The van der Waals surface area contributed by atoms with Gasteiger partial charge in [-0.15, -0.1) is 0 Å². The minimum absolute atomic E-state index is 0.0858. The highest BCUT2D eigenvalue weighted by Gasteiger charge is 2.23. The van der Waals surface area contributed by atoms with Crippen molar-refractivity contribution in [1.82, 2.24) is 0 Å². The maximum Gasteiger partial charge on any atom is 0.293 e. The number of carbonyl (C=O) groups excluding carboxylic acids is 1. The van der Waals surface area contributed by atoms with Gasteiger partial charge in [0.1, 0.15) is 29.6 Å². The van der Waals surface area contributed by atoms with Gasteiger partial charge in [0.2, 0.25) is 0 Å². The van der Waals surface area contributed by atoms with Crippen LogP contribution in [0, 0.1) is 10.1 Å². The number of nitro benzene ring substituents is 1. The van der Waals surface area contributed by atoms with E-state index < -0.39 is 10.8 Å². The van der Waals surface area contributed by atoms with Gasteiger partial charge in [-0.25, -0.2) is 0 Å². The van der Waals surface area contributed by atoms with E-state index in [4.69, 9.17) is 9.15 Å². The second-order valence-electron chi connectivity index (χ2n) is 7.80. The number of methoxy groups -OCH3 is 1. The highest BCUT2D eigenvalue weighted by atomic mass is 16.6. The van der Waals surface area contributed by atoms with Crippen LogP contribution in [0.2, 0.25) is 0 Å². The van der Waals surface area contributed by atoms with E-state index in [1.807, 2.05) is 4.90 Å². The number of anilines is 2. The molecule has 1 amide bonds. The molecule has 0 atom stereocenters. The number of carbonyl (C=O) groups is 1. The molecule has 3 aromatic rings. The molecule has 0 radical (unpaired) electrons. The van der Waals surface area contributed by atoms with Gasteiger partial charge in [-0.3, -0.25) is 14.9 Å². The Morgan fingerprint density at radius 2 is 1.94 bits per heavy atom. The summed E-state index contributed by atoms with van der Waals surface area (Å²) in [6, 6.07) is 13.1. The number of hydrogen-bond acceptors (Lipinski definition) is 7. The number of ether oxygens (including phenoxy) is 1. The fourth-order valence-electron chi connectivity index (χ4n) is 3.98. The highest BCUT2D eigenvalue weighted by molar-refractivity contribution is 6.06. The van der Waals surface area contributed by atoms with Crippen LogP contribution < -0.4 is 15.0 Å². The van der Waals surface area contributed by atoms with Crippen LogP contribution in [0.1, 0.15) is 35.4 Å². The maximum atomic E-state index is 13.0. The quantitative estimate of drug-likeness (QED) is 0.398. The molecule has 172 valence electrons. The van der Waals surface area contributed by atoms with E-state index in [0.717, 1.165) is 32.4 Å². The predicted molar refractivity (Wildman–Crippen MR) is 124 cm³/mol. The molecule has 2 aromatic carbocycles. The topological polar surface area (TPSA) is 118 Å². The van der Waals surface area contributed by atoms with Crippen molar-refractivity contribution < 1.29 is 24.0 Å². The molecule has 0 spiro atoms. The first-order valence-corrected chi connectivity index (χ1v) is 10.7. The van der Waals surface area contributed by atoms with Crippen LogP contribution >= 0.6 is 0 Å². The molecule has 0 bridgehead atoms. The molecule has 2 N–H and O–H groups in total. The number of hydrogen-bond donors (Lipinski definition) is 2. The monoisotopic (exact) mass is 451 g/mol. The Morgan fingerprint density at radius 1 is 1.15 bits per heavy atom. The summed E-state index contributed by atoms with van der Waals surface area (Å²) in [5.74, 6) is 0.890. The van der Waals surface area contributed by atoms with E-state index in [1.165, 1.54) is 13.2 Å². The van der Waals surface area contributed by atoms with Crippen molar-refractivity contribution in [2.75, 3.05) is 30.4 Å². The molecule has 4 rings (SSSR count). The fourth-order valence-corrected chi connectivity index (χ4v) is 3.98. The summed E-state index contributed by atoms with van der Waals surface area (Å²) in [5.41, 5.74) is 1.70. The van der Waals surface area contributed by atoms with Crippen LogP contribution in [-0.2, 0) is 6.61 Å². The summed E-state index contributed by atoms with van der Waals surface area (Å²) in [7, 11) is 1.49. The Kier molecular flexibility index (Phi) is 6.60. The summed E-state index contributed by atoms with van der Waals surface area (Å²) in [5, 5.41) is 23.7. The molecule has 0 saturated carbocycles. The number of aliphatic hydroxyl groups excluding tert-OH is 1. The van der Waals surface area contributed by atoms with Gasteiger partial charge in [-0.2, -0.15) is 0 Å². The SMILES string of the molecule is COc1ccc(-c2ccc(CO)o2)cc1NC(=O)c1ccc(N2CCCCC2)c([N+](=O)[O-])c1. The Morgan fingerprint density at radius 3 is 2.61 bits per heavy atom. The molecule has 9 nitrogen and oxygen atoms in total. The van der Waals surface area contributed by atoms with Crippen LogP contribution in [0.4, 0.5) is 17.1 Å². The normalized spacial score (nSPS) is 13.6. The molecule has 1 aliphatic rings. The average molecular weight is 451 g/mol. The molecule has 1 aromatic heterocycles. The lowest BCUT2D eigenvalue weighted by atomic mass is 10.1. The van der Waals surface area contributed by atoms with E-state index >= 15 is 0 Å². The molecule has 9 heteroatoms. The zero-order chi connectivity index (χ0) is 23.4. The average Bonchev–Trinajstić information content (AvgIpc) is 3.33. The van der Waals surface area contributed by atoms with Gasteiger partial charge in [-0.1, -0.05) is 0 Å². The Bertz CT molecular complexity index is 1170. The van der Waals surface area contributed by atoms with E-state index in [9.17, 15) is 20.0 Å². The number of nitro groups is 1. The first kappa shape index (κ1) is 22.3. The van der Waals surface area contributed by atoms with Gasteiger partial charge in [0.15, 0.2) is 0 Å². The Hall–Kier alpha value is -3.85. The molecule has 1 aliphatic heterocycles. The summed E-state index contributed by atoms with van der Waals surface area (Å²) in [6.45, 7) is 1.31. The lowest BCUT2D eigenvalue weighted by molar-refractivity contribution is -0.384. The van der Waals surface area contributed by atoms with Gasteiger partial charge < -0.3 is 24.5 Å². The van der Waals surface area contributed by atoms with Gasteiger partial charge in [-0.05, 0) is 61.7 Å². The molecule has 33 heavy (non-hydrogen) atoms. The summed E-state index contributed by atoms with van der Waals surface area (Å²) < 4.78 is 10.9. The summed E-state index contributed by atoms with van der Waals surface area (Å²) >= 11 is 0. The number of furan rings is 1. The van der Waals surface area contributed by atoms with Crippen LogP contribution in [0.3, 0.4) is 0 Å². The lowest BCUT2D eigenvalue weighted by Crippen LogP contribution is -2.30. The van der Waals surface area contributed by atoms with Crippen molar-refractivity contribution in [1.29, 1.82) is 0 Å². The van der Waals surface area contributed by atoms with Crippen LogP contribution in [0.5, 0.6) is 5.75 Å². The zero-order valence-electron chi connectivity index (χ0n) is 18.2. The number of nitrogens with one attached hydrogen (secondary N) is 1. The van der Waals surface area contributed by atoms with E-state index in [2.05, 4.69) is 5.32 Å². The highest BCUT2D eigenvalue weighted by Crippen LogP contribution is 2.34. The third-order valence-electron chi connectivity index (χ3n) is 5.68. The van der Waals surface area contributed by atoms with Gasteiger partial charge in [0.05, 0.1) is 17.7 Å². The lowest BCUT2D eigenvalue weighted by Gasteiger charge is -2.28. The molecule has 0 unspecified atom stereocenters. The van der Waals surface area contributed by atoms with E-state index in [1.54, 1.807) is 42.5 Å². The second kappa shape index (κ2) is 9.74. The number of benzene rings is 2. The third kappa shape index (κ3) is 4.83. The second-order valence-corrected chi connectivity index (χ2v) is 7.80. The van der Waals surface area contributed by atoms with Crippen LogP contribution in [-0.4, -0.2) is 36.1 Å². The van der Waals surface area contributed by atoms with Gasteiger partial charge in [0, 0.05) is 30.3 Å². The van der Waals surface area contributed by atoms with Crippen molar-refractivity contribution >= 4 is 23.0 Å². The van der Waals surface area contributed by atoms with Gasteiger partial charge in [0.25, 0.3) is 11.6 Å². The summed E-state index contributed by atoms with van der Waals surface area (Å²) in [4.78, 5) is 26.3. The number of nitrogens with zero attached hydrogens (tertiary/aromatic N) is 2. The van der Waals surface area contributed by atoms with Crippen LogP contribution in [0.25, 0.3) is 11.3 Å². The van der Waals surface area contributed by atoms with Gasteiger partial charge >= 0.3 is 0 Å². The predicted octanol–water partition coefficient (Wildman–Crippen LogP) is 4.60. The molecule has 2 heterocycles. The van der Waals surface area contributed by atoms with E-state index in [-0.39, 0.29) is 17.9 Å².